The molecule has 0 aromatic rings. The number of carbonyl (C=O) groups excluding carboxylic acids is 4. The molecular weight excluding hydrogens is 250 g/mol. The van der Waals surface area contributed by atoms with Gasteiger partial charge in [-0.1, -0.05) is 20.3 Å². The highest BCUT2D eigenvalue weighted by atomic mass is 16.2. The predicted molar refractivity (Wildman–Crippen MR) is 64.5 cm³/mol. The van der Waals surface area contributed by atoms with E-state index in [4.69, 9.17) is 5.73 Å². The molecule has 2 rings (SSSR count). The number of imide groups is 2. The smallest absolute Gasteiger partial charge is 0.331 e. The quantitative estimate of drug-likeness (QED) is 0.687. The van der Waals surface area contributed by atoms with Crippen molar-refractivity contribution in [3.05, 3.63) is 0 Å². The summed E-state index contributed by atoms with van der Waals surface area (Å²) in [7, 11) is 0. The second-order valence-corrected chi connectivity index (χ2v) is 5.46. The van der Waals surface area contributed by atoms with Gasteiger partial charge >= 0.3 is 6.03 Å². The fourth-order valence-electron chi connectivity index (χ4n) is 2.67. The van der Waals surface area contributed by atoms with Gasteiger partial charge in [-0.2, -0.15) is 0 Å². The molecule has 3 N–H and O–H groups in total. The maximum Gasteiger partial charge on any atom is 0.331 e. The zero-order valence-corrected chi connectivity index (χ0v) is 10.9. The zero-order chi connectivity index (χ0) is 14.4. The summed E-state index contributed by atoms with van der Waals surface area (Å²) < 4.78 is 0. The molecule has 1 aliphatic carbocycles. The van der Waals surface area contributed by atoms with Crippen LogP contribution in [0.4, 0.5) is 4.79 Å². The molecule has 1 saturated carbocycles. The van der Waals surface area contributed by atoms with Crippen molar-refractivity contribution >= 4 is 23.8 Å². The summed E-state index contributed by atoms with van der Waals surface area (Å²) in [5, 5.41) is 2.16. The largest absolute Gasteiger partial charge is 0.368 e. The Labute approximate surface area is 110 Å². The molecule has 7 heteroatoms. The number of amides is 5. The molecule has 1 spiro atoms. The van der Waals surface area contributed by atoms with Crippen LogP contribution in [-0.2, 0) is 14.4 Å². The van der Waals surface area contributed by atoms with Crippen molar-refractivity contribution in [1.82, 2.24) is 10.2 Å². The fourth-order valence-corrected chi connectivity index (χ4v) is 2.67. The van der Waals surface area contributed by atoms with Gasteiger partial charge in [0.25, 0.3) is 0 Å². The molecular formula is C12H17N3O4. The summed E-state index contributed by atoms with van der Waals surface area (Å²) in [5.41, 5.74) is 4.11. The molecule has 2 aliphatic rings. The third-order valence-corrected chi connectivity index (χ3v) is 3.91. The number of urea groups is 1. The molecule has 2 fully saturated rings. The van der Waals surface area contributed by atoms with Crippen LogP contribution in [0.5, 0.6) is 0 Å². The van der Waals surface area contributed by atoms with E-state index in [0.29, 0.717) is 12.8 Å². The summed E-state index contributed by atoms with van der Waals surface area (Å²) >= 11 is 0. The van der Waals surface area contributed by atoms with Gasteiger partial charge in [0.2, 0.25) is 17.7 Å². The van der Waals surface area contributed by atoms with E-state index in [1.807, 2.05) is 0 Å². The van der Waals surface area contributed by atoms with E-state index in [9.17, 15) is 19.2 Å². The van der Waals surface area contributed by atoms with E-state index in [1.54, 1.807) is 13.8 Å². The van der Waals surface area contributed by atoms with Crippen molar-refractivity contribution in [1.29, 1.82) is 0 Å². The minimum absolute atomic E-state index is 0.308. The summed E-state index contributed by atoms with van der Waals surface area (Å²) in [6.07, 6.45) is 1.57. The van der Waals surface area contributed by atoms with Gasteiger partial charge in [-0.25, -0.2) is 4.79 Å². The van der Waals surface area contributed by atoms with Crippen molar-refractivity contribution in [3.8, 4) is 0 Å². The lowest BCUT2D eigenvalue weighted by Crippen LogP contribution is -2.70. The molecule has 7 nitrogen and oxygen atoms in total. The lowest BCUT2D eigenvalue weighted by molar-refractivity contribution is -0.161. The molecule has 19 heavy (non-hydrogen) atoms. The van der Waals surface area contributed by atoms with E-state index in [2.05, 4.69) is 5.32 Å². The Morgan fingerprint density at radius 2 is 1.89 bits per heavy atom. The van der Waals surface area contributed by atoms with Crippen LogP contribution in [0.2, 0.25) is 0 Å². The molecule has 1 heterocycles. The minimum atomic E-state index is -1.17. The SMILES string of the molecule is CC(C)C(C(N)=O)N1C(=O)NC(=O)C2(CCC2)C1=O. The number of nitrogens with zero attached hydrogens (tertiary/aromatic N) is 1. The van der Waals surface area contributed by atoms with Gasteiger partial charge in [-0.05, 0) is 18.8 Å². The number of rotatable bonds is 3. The van der Waals surface area contributed by atoms with E-state index in [0.717, 1.165) is 11.3 Å². The van der Waals surface area contributed by atoms with Crippen molar-refractivity contribution in [2.45, 2.75) is 39.2 Å². The summed E-state index contributed by atoms with van der Waals surface area (Å²) in [4.78, 5) is 48.4. The molecule has 5 amide bonds. The number of primary amides is 1. The summed E-state index contributed by atoms with van der Waals surface area (Å²) in [5.74, 6) is -2.21. The van der Waals surface area contributed by atoms with Gasteiger partial charge in [0, 0.05) is 0 Å². The number of nitrogens with two attached hydrogens (primary N) is 1. The van der Waals surface area contributed by atoms with Crippen LogP contribution >= 0.6 is 0 Å². The third kappa shape index (κ3) is 1.80. The monoisotopic (exact) mass is 267 g/mol. The van der Waals surface area contributed by atoms with E-state index in [-0.39, 0.29) is 5.92 Å². The van der Waals surface area contributed by atoms with Gasteiger partial charge in [-0.15, -0.1) is 0 Å². The predicted octanol–water partition coefficient (Wildman–Crippen LogP) is -0.255. The minimum Gasteiger partial charge on any atom is -0.368 e. The zero-order valence-electron chi connectivity index (χ0n) is 10.9. The first-order valence-corrected chi connectivity index (χ1v) is 6.29. The first-order chi connectivity index (χ1) is 8.81. The normalized spacial score (nSPS) is 23.3. The topological polar surface area (TPSA) is 110 Å². The fraction of sp³-hybridized carbons (Fsp3) is 0.667. The number of hydrogen-bond donors (Lipinski definition) is 2. The molecule has 0 aromatic carbocycles. The molecule has 1 aliphatic heterocycles. The highest BCUT2D eigenvalue weighted by Gasteiger charge is 2.59. The van der Waals surface area contributed by atoms with Crippen molar-refractivity contribution in [2.75, 3.05) is 0 Å². The molecule has 0 bridgehead atoms. The van der Waals surface area contributed by atoms with Crippen molar-refractivity contribution in [2.24, 2.45) is 17.1 Å². The number of hydrogen-bond acceptors (Lipinski definition) is 4. The van der Waals surface area contributed by atoms with Crippen LogP contribution in [-0.4, -0.2) is 34.7 Å². The van der Waals surface area contributed by atoms with Crippen LogP contribution in [0.25, 0.3) is 0 Å². The van der Waals surface area contributed by atoms with Crippen LogP contribution < -0.4 is 11.1 Å². The van der Waals surface area contributed by atoms with Gasteiger partial charge in [-0.3, -0.25) is 24.6 Å². The van der Waals surface area contributed by atoms with Crippen LogP contribution in [0, 0.1) is 11.3 Å². The Balaban J connectivity index is 2.38. The third-order valence-electron chi connectivity index (χ3n) is 3.91. The Bertz CT molecular complexity index is 468. The number of nitrogens with one attached hydrogen (secondary N) is 1. The second kappa shape index (κ2) is 4.32. The average molecular weight is 267 g/mol. The van der Waals surface area contributed by atoms with Crippen LogP contribution in [0.15, 0.2) is 0 Å². The van der Waals surface area contributed by atoms with Crippen LogP contribution in [0.1, 0.15) is 33.1 Å². The lowest BCUT2D eigenvalue weighted by Gasteiger charge is -2.46. The van der Waals surface area contributed by atoms with Crippen molar-refractivity contribution in [3.63, 3.8) is 0 Å². The van der Waals surface area contributed by atoms with Gasteiger partial charge in [0.1, 0.15) is 11.5 Å². The molecule has 1 atom stereocenters. The van der Waals surface area contributed by atoms with Gasteiger partial charge < -0.3 is 5.73 Å². The number of barbiturate groups is 1. The highest BCUT2D eigenvalue weighted by Crippen LogP contribution is 2.45. The standard InChI is InChI=1S/C12H17N3O4/c1-6(2)7(8(13)16)15-10(18)12(4-3-5-12)9(17)14-11(15)19/h6-7H,3-5H2,1-2H3,(H2,13,16)(H,14,17,19). The highest BCUT2D eigenvalue weighted by molar-refractivity contribution is 6.20. The van der Waals surface area contributed by atoms with E-state index >= 15 is 0 Å². The maximum atomic E-state index is 12.4. The average Bonchev–Trinajstić information content (AvgIpc) is 2.20. The molecule has 104 valence electrons. The first-order valence-electron chi connectivity index (χ1n) is 6.29. The Morgan fingerprint density at radius 1 is 1.32 bits per heavy atom. The summed E-state index contributed by atoms with van der Waals surface area (Å²) in [6, 6.07) is -1.89. The molecule has 0 aromatic heterocycles. The molecule has 0 radical (unpaired) electrons. The van der Waals surface area contributed by atoms with Gasteiger partial charge in [0.05, 0.1) is 0 Å². The molecule has 1 saturated heterocycles. The Hall–Kier alpha value is -1.92. The number of carbonyl (C=O) groups is 4. The lowest BCUT2D eigenvalue weighted by atomic mass is 9.66. The summed E-state index contributed by atoms with van der Waals surface area (Å²) in [6.45, 7) is 3.39. The van der Waals surface area contributed by atoms with E-state index in [1.165, 1.54) is 0 Å². The molecule has 1 unspecified atom stereocenters. The first kappa shape index (κ1) is 13.5. The Morgan fingerprint density at radius 3 is 2.26 bits per heavy atom. The maximum absolute atomic E-state index is 12.4. The van der Waals surface area contributed by atoms with E-state index < -0.39 is 35.2 Å². The second-order valence-electron chi connectivity index (χ2n) is 5.46. The van der Waals surface area contributed by atoms with Crippen molar-refractivity contribution < 1.29 is 19.2 Å². The van der Waals surface area contributed by atoms with Crippen LogP contribution in [0.3, 0.4) is 0 Å². The van der Waals surface area contributed by atoms with Gasteiger partial charge in [0.15, 0.2) is 0 Å². The Kier molecular flexibility index (Phi) is 3.07.